The van der Waals surface area contributed by atoms with E-state index in [0.717, 1.165) is 44.7 Å². The van der Waals surface area contributed by atoms with Gasteiger partial charge in [0, 0.05) is 23.6 Å². The minimum absolute atomic E-state index is 0.00161. The third-order valence-electron chi connectivity index (χ3n) is 6.99. The summed E-state index contributed by atoms with van der Waals surface area (Å²) >= 11 is 5.65. The number of benzene rings is 1. The van der Waals surface area contributed by atoms with Crippen LogP contribution in [0.15, 0.2) is 18.2 Å². The molecular weight excluding hydrogens is 435 g/mol. The Labute approximate surface area is 192 Å². The Hall–Kier alpha value is -2.37. The molecule has 0 aromatic heterocycles. The molecule has 3 aliphatic carbocycles. The quantitative estimate of drug-likeness (QED) is 0.551. The first-order valence-electron chi connectivity index (χ1n) is 11.1. The van der Waals surface area contributed by atoms with E-state index in [-0.39, 0.29) is 46.3 Å². The van der Waals surface area contributed by atoms with Crippen LogP contribution in [0.2, 0.25) is 5.02 Å². The predicted molar refractivity (Wildman–Crippen MR) is 116 cm³/mol. The van der Waals surface area contributed by atoms with E-state index in [4.69, 9.17) is 21.6 Å². The SMILES string of the molecule is N#CCCC1CCC(C(=O)NC23CCC(NC(=O)COc4ccc(Cl)c(F)c4)(C2)C3)NC1. The fourth-order valence-electron chi connectivity index (χ4n) is 5.43. The summed E-state index contributed by atoms with van der Waals surface area (Å²) in [6, 6.07) is 6.04. The smallest absolute Gasteiger partial charge is 0.258 e. The van der Waals surface area contributed by atoms with Crippen LogP contribution in [-0.4, -0.2) is 42.1 Å². The minimum atomic E-state index is -0.594. The summed E-state index contributed by atoms with van der Waals surface area (Å²) in [5.41, 5.74) is -0.550. The van der Waals surface area contributed by atoms with Crippen LogP contribution in [0.1, 0.15) is 51.4 Å². The lowest BCUT2D eigenvalue weighted by Crippen LogP contribution is -2.66. The highest BCUT2D eigenvalue weighted by Crippen LogP contribution is 2.55. The number of rotatable bonds is 8. The Bertz CT molecular complexity index is 920. The van der Waals surface area contributed by atoms with E-state index in [1.54, 1.807) is 0 Å². The zero-order valence-electron chi connectivity index (χ0n) is 17.9. The molecule has 4 fully saturated rings. The Morgan fingerprint density at radius 3 is 2.66 bits per heavy atom. The van der Waals surface area contributed by atoms with Gasteiger partial charge in [0.1, 0.15) is 11.6 Å². The third kappa shape index (κ3) is 5.00. The van der Waals surface area contributed by atoms with Gasteiger partial charge in [-0.15, -0.1) is 0 Å². The van der Waals surface area contributed by atoms with Crippen molar-refractivity contribution in [2.45, 2.75) is 68.5 Å². The first-order valence-corrected chi connectivity index (χ1v) is 11.5. The highest BCUT2D eigenvalue weighted by Gasteiger charge is 2.62. The number of piperidine rings is 1. The average Bonchev–Trinajstić information content (AvgIpc) is 3.28. The molecule has 1 aliphatic heterocycles. The van der Waals surface area contributed by atoms with Gasteiger partial charge in [-0.1, -0.05) is 11.6 Å². The lowest BCUT2D eigenvalue weighted by atomic mass is 9.71. The normalized spacial score (nSPS) is 30.7. The maximum Gasteiger partial charge on any atom is 0.258 e. The van der Waals surface area contributed by atoms with Crippen LogP contribution in [0.3, 0.4) is 0 Å². The third-order valence-corrected chi connectivity index (χ3v) is 7.29. The van der Waals surface area contributed by atoms with Crippen molar-refractivity contribution in [1.82, 2.24) is 16.0 Å². The van der Waals surface area contributed by atoms with Gasteiger partial charge in [0.2, 0.25) is 5.91 Å². The van der Waals surface area contributed by atoms with E-state index < -0.39 is 5.82 Å². The van der Waals surface area contributed by atoms with Gasteiger partial charge in [0.05, 0.1) is 17.1 Å². The molecular formula is C23H28ClFN4O3. The van der Waals surface area contributed by atoms with Gasteiger partial charge in [-0.05, 0) is 69.5 Å². The molecule has 1 heterocycles. The summed E-state index contributed by atoms with van der Waals surface area (Å²) in [4.78, 5) is 25.1. The molecule has 2 unspecified atom stereocenters. The highest BCUT2D eigenvalue weighted by molar-refractivity contribution is 6.30. The number of hydrogen-bond acceptors (Lipinski definition) is 5. The molecule has 32 heavy (non-hydrogen) atoms. The van der Waals surface area contributed by atoms with E-state index in [2.05, 4.69) is 22.0 Å². The van der Waals surface area contributed by atoms with Crippen molar-refractivity contribution >= 4 is 23.4 Å². The molecule has 2 bridgehead atoms. The summed E-state index contributed by atoms with van der Waals surface area (Å²) in [6.45, 7) is 0.561. The van der Waals surface area contributed by atoms with Crippen molar-refractivity contribution < 1.29 is 18.7 Å². The second-order valence-electron chi connectivity index (χ2n) is 9.42. The van der Waals surface area contributed by atoms with Crippen molar-refractivity contribution in [3.63, 3.8) is 0 Å². The van der Waals surface area contributed by atoms with Gasteiger partial charge < -0.3 is 20.7 Å². The number of carbonyl (C=O) groups excluding carboxylic acids is 2. The summed E-state index contributed by atoms with van der Waals surface area (Å²) < 4.78 is 18.9. The Kier molecular flexibility index (Phi) is 6.59. The van der Waals surface area contributed by atoms with Crippen molar-refractivity contribution in [3.8, 4) is 11.8 Å². The van der Waals surface area contributed by atoms with Crippen LogP contribution >= 0.6 is 11.6 Å². The molecule has 3 N–H and O–H groups in total. The highest BCUT2D eigenvalue weighted by atomic mass is 35.5. The molecule has 0 radical (unpaired) electrons. The van der Waals surface area contributed by atoms with Crippen molar-refractivity contribution in [2.24, 2.45) is 5.92 Å². The van der Waals surface area contributed by atoms with Crippen LogP contribution in [0.5, 0.6) is 5.75 Å². The predicted octanol–water partition coefficient (Wildman–Crippen LogP) is 2.83. The molecule has 1 saturated heterocycles. The summed E-state index contributed by atoms with van der Waals surface area (Å²) in [7, 11) is 0. The van der Waals surface area contributed by atoms with Gasteiger partial charge in [-0.2, -0.15) is 5.26 Å². The zero-order valence-corrected chi connectivity index (χ0v) is 18.6. The number of fused-ring (bicyclic) bond motifs is 1. The molecule has 3 saturated carbocycles. The van der Waals surface area contributed by atoms with Gasteiger partial charge >= 0.3 is 0 Å². The maximum absolute atomic E-state index is 13.5. The summed E-state index contributed by atoms with van der Waals surface area (Å²) in [6.07, 6.45) is 6.24. The molecule has 4 aliphatic rings. The lowest BCUT2D eigenvalue weighted by molar-refractivity contribution is -0.128. The average molecular weight is 463 g/mol. The number of halogens is 2. The van der Waals surface area contributed by atoms with Crippen molar-refractivity contribution in [2.75, 3.05) is 13.2 Å². The van der Waals surface area contributed by atoms with Crippen LogP contribution < -0.4 is 20.7 Å². The topological polar surface area (TPSA) is 103 Å². The fourth-order valence-corrected chi connectivity index (χ4v) is 5.55. The van der Waals surface area contributed by atoms with Gasteiger partial charge in [-0.25, -0.2) is 4.39 Å². The minimum Gasteiger partial charge on any atom is -0.484 e. The largest absolute Gasteiger partial charge is 0.484 e. The number of amides is 2. The van der Waals surface area contributed by atoms with E-state index in [1.807, 2.05) is 0 Å². The molecule has 7 nitrogen and oxygen atoms in total. The number of nitrogens with zero attached hydrogens (tertiary/aromatic N) is 1. The fraction of sp³-hybridized carbons (Fsp3) is 0.609. The van der Waals surface area contributed by atoms with E-state index in [9.17, 15) is 14.0 Å². The molecule has 1 aromatic rings. The second-order valence-corrected chi connectivity index (χ2v) is 9.82. The van der Waals surface area contributed by atoms with E-state index >= 15 is 0 Å². The lowest BCUT2D eigenvalue weighted by Gasteiger charge is -2.48. The molecule has 0 spiro atoms. The second kappa shape index (κ2) is 9.24. The Morgan fingerprint density at radius 1 is 1.25 bits per heavy atom. The molecule has 172 valence electrons. The molecule has 2 amide bonds. The van der Waals surface area contributed by atoms with E-state index in [0.29, 0.717) is 25.2 Å². The zero-order chi connectivity index (χ0) is 22.8. The molecule has 1 aromatic carbocycles. The van der Waals surface area contributed by atoms with Crippen molar-refractivity contribution in [3.05, 3.63) is 29.0 Å². The van der Waals surface area contributed by atoms with Crippen LogP contribution in [-0.2, 0) is 9.59 Å². The number of nitrogens with one attached hydrogen (secondary N) is 3. The number of ether oxygens (including phenoxy) is 1. The standard InChI is InChI=1S/C23H28ClFN4O3/c24-17-5-4-16(10-18(17)25)32-12-20(30)28-22-7-8-23(13-22,14-22)29-21(31)19-6-3-15(11-27-19)2-1-9-26/h4-5,10,15,19,27H,1-3,6-8,11-14H2,(H,28,30)(H,29,31). The molecule has 5 rings (SSSR count). The van der Waals surface area contributed by atoms with Gasteiger partial charge in [0.15, 0.2) is 6.61 Å². The maximum atomic E-state index is 13.5. The summed E-state index contributed by atoms with van der Waals surface area (Å²) in [5.74, 6) is -0.126. The monoisotopic (exact) mass is 462 g/mol. The van der Waals surface area contributed by atoms with Crippen molar-refractivity contribution in [1.29, 1.82) is 5.26 Å². The van der Waals surface area contributed by atoms with Crippen LogP contribution in [0.25, 0.3) is 0 Å². The molecule has 9 heteroatoms. The first-order chi connectivity index (χ1) is 15.3. The Morgan fingerprint density at radius 2 is 2.00 bits per heavy atom. The Balaban J connectivity index is 1.20. The van der Waals surface area contributed by atoms with E-state index in [1.165, 1.54) is 12.1 Å². The number of hydrogen-bond donors (Lipinski definition) is 3. The number of carbonyl (C=O) groups is 2. The van der Waals surface area contributed by atoms with Gasteiger partial charge in [0.25, 0.3) is 5.91 Å². The summed E-state index contributed by atoms with van der Waals surface area (Å²) in [5, 5.41) is 18.3. The molecule has 2 atom stereocenters. The van der Waals surface area contributed by atoms with Crippen LogP contribution in [0.4, 0.5) is 4.39 Å². The van der Waals surface area contributed by atoms with Gasteiger partial charge in [-0.3, -0.25) is 9.59 Å². The number of nitriles is 1. The first kappa shape index (κ1) is 22.8. The van der Waals surface area contributed by atoms with Crippen LogP contribution in [0, 0.1) is 23.1 Å².